The van der Waals surface area contributed by atoms with Crippen LogP contribution in [-0.2, 0) is 6.42 Å². The number of aromatic amines is 1. The lowest BCUT2D eigenvalue weighted by atomic mass is 10.2. The Labute approximate surface area is 76.7 Å². The summed E-state index contributed by atoms with van der Waals surface area (Å²) in [5, 5.41) is 13.6. The molecule has 0 aliphatic heterocycles. The Hall–Kier alpha value is -1.53. The molecule has 2 N–H and O–H groups in total. The van der Waals surface area contributed by atoms with E-state index in [9.17, 15) is 18.0 Å². The molecule has 1 rings (SSSR count). The number of aromatic nitrogens is 2. The van der Waals surface area contributed by atoms with Gasteiger partial charge >= 0.3 is 5.97 Å². The standard InChI is InChI=1S/C7H7F3N2O2/c8-4(9)2-1-3-5(10)6(7(13)14)12-11-3/h4H,1-2H2,(H,11,12)(H,13,14). The molecule has 78 valence electrons. The largest absolute Gasteiger partial charge is 0.476 e. The second-order valence-electron chi connectivity index (χ2n) is 2.60. The number of aryl methyl sites for hydroxylation is 1. The molecular formula is C7H7F3N2O2. The Morgan fingerprint density at radius 2 is 2.21 bits per heavy atom. The molecule has 0 amide bonds. The summed E-state index contributed by atoms with van der Waals surface area (Å²) in [5.74, 6) is -2.60. The number of halogens is 3. The Morgan fingerprint density at radius 1 is 1.57 bits per heavy atom. The molecular weight excluding hydrogens is 201 g/mol. The van der Waals surface area contributed by atoms with Crippen molar-refractivity contribution >= 4 is 5.97 Å². The van der Waals surface area contributed by atoms with Crippen LogP contribution >= 0.6 is 0 Å². The van der Waals surface area contributed by atoms with Crippen molar-refractivity contribution in [3.8, 4) is 0 Å². The van der Waals surface area contributed by atoms with E-state index in [1.165, 1.54) is 0 Å². The fraction of sp³-hybridized carbons (Fsp3) is 0.429. The number of H-pyrrole nitrogens is 1. The average Bonchev–Trinajstić information content (AvgIpc) is 2.43. The molecule has 0 saturated heterocycles. The molecule has 0 atom stereocenters. The molecule has 1 aromatic heterocycles. The zero-order chi connectivity index (χ0) is 10.7. The van der Waals surface area contributed by atoms with Crippen molar-refractivity contribution in [3.63, 3.8) is 0 Å². The van der Waals surface area contributed by atoms with Gasteiger partial charge in [0.25, 0.3) is 0 Å². The molecule has 0 bridgehead atoms. The number of aromatic carboxylic acids is 1. The van der Waals surface area contributed by atoms with Crippen LogP contribution in [0, 0.1) is 5.82 Å². The molecule has 0 unspecified atom stereocenters. The third-order valence-corrected chi connectivity index (χ3v) is 1.59. The highest BCUT2D eigenvalue weighted by Gasteiger charge is 2.19. The summed E-state index contributed by atoms with van der Waals surface area (Å²) >= 11 is 0. The minimum Gasteiger partial charge on any atom is -0.476 e. The predicted molar refractivity (Wildman–Crippen MR) is 39.8 cm³/mol. The highest BCUT2D eigenvalue weighted by Crippen LogP contribution is 2.13. The summed E-state index contributed by atoms with van der Waals surface area (Å²) in [7, 11) is 0. The molecule has 7 heteroatoms. The Kier molecular flexibility index (Phi) is 3.10. The van der Waals surface area contributed by atoms with Crippen molar-refractivity contribution in [2.45, 2.75) is 19.3 Å². The van der Waals surface area contributed by atoms with Crippen LogP contribution in [0.2, 0.25) is 0 Å². The van der Waals surface area contributed by atoms with E-state index >= 15 is 0 Å². The van der Waals surface area contributed by atoms with E-state index in [1.54, 1.807) is 0 Å². The molecule has 14 heavy (non-hydrogen) atoms. The highest BCUT2D eigenvalue weighted by molar-refractivity contribution is 5.85. The molecule has 0 aliphatic carbocycles. The van der Waals surface area contributed by atoms with Gasteiger partial charge < -0.3 is 5.11 Å². The van der Waals surface area contributed by atoms with E-state index < -0.39 is 30.3 Å². The van der Waals surface area contributed by atoms with Crippen LogP contribution in [0.1, 0.15) is 22.6 Å². The van der Waals surface area contributed by atoms with Gasteiger partial charge in [0, 0.05) is 6.42 Å². The molecule has 0 aliphatic rings. The van der Waals surface area contributed by atoms with Gasteiger partial charge in [-0.15, -0.1) is 0 Å². The van der Waals surface area contributed by atoms with Crippen molar-refractivity contribution < 1.29 is 23.1 Å². The van der Waals surface area contributed by atoms with Gasteiger partial charge in [0.1, 0.15) is 0 Å². The van der Waals surface area contributed by atoms with E-state index in [-0.39, 0.29) is 12.1 Å². The SMILES string of the molecule is O=C(O)c1n[nH]c(CCC(F)F)c1F. The summed E-state index contributed by atoms with van der Waals surface area (Å²) in [6.45, 7) is 0. The van der Waals surface area contributed by atoms with Gasteiger partial charge in [-0.25, -0.2) is 18.0 Å². The molecule has 4 nitrogen and oxygen atoms in total. The van der Waals surface area contributed by atoms with E-state index in [0.717, 1.165) is 0 Å². The highest BCUT2D eigenvalue weighted by atomic mass is 19.3. The van der Waals surface area contributed by atoms with Gasteiger partial charge in [0.2, 0.25) is 12.1 Å². The van der Waals surface area contributed by atoms with Crippen molar-refractivity contribution in [3.05, 3.63) is 17.2 Å². The molecule has 0 fully saturated rings. The summed E-state index contributed by atoms with van der Waals surface area (Å²) in [6, 6.07) is 0. The van der Waals surface area contributed by atoms with Crippen molar-refractivity contribution in [1.82, 2.24) is 10.2 Å². The first-order chi connectivity index (χ1) is 6.52. The zero-order valence-electron chi connectivity index (χ0n) is 6.93. The average molecular weight is 208 g/mol. The lowest BCUT2D eigenvalue weighted by Crippen LogP contribution is -2.00. The van der Waals surface area contributed by atoms with E-state index in [2.05, 4.69) is 10.2 Å². The number of hydrogen-bond acceptors (Lipinski definition) is 2. The van der Waals surface area contributed by atoms with Crippen LogP contribution in [0.25, 0.3) is 0 Å². The van der Waals surface area contributed by atoms with Crippen LogP contribution in [0.5, 0.6) is 0 Å². The quantitative estimate of drug-likeness (QED) is 0.786. The Bertz CT molecular complexity index is 338. The van der Waals surface area contributed by atoms with Crippen LogP contribution < -0.4 is 0 Å². The smallest absolute Gasteiger partial charge is 0.359 e. The molecule has 1 heterocycles. The van der Waals surface area contributed by atoms with Gasteiger partial charge in [-0.2, -0.15) is 5.10 Å². The van der Waals surface area contributed by atoms with Gasteiger partial charge in [-0.1, -0.05) is 0 Å². The maximum Gasteiger partial charge on any atom is 0.359 e. The van der Waals surface area contributed by atoms with E-state index in [4.69, 9.17) is 5.11 Å². The maximum atomic E-state index is 13.0. The zero-order valence-corrected chi connectivity index (χ0v) is 6.93. The van der Waals surface area contributed by atoms with Crippen molar-refractivity contribution in [2.75, 3.05) is 0 Å². The number of carboxylic acid groups (broad SMARTS) is 1. The van der Waals surface area contributed by atoms with Gasteiger partial charge in [-0.3, -0.25) is 5.10 Å². The molecule has 0 aromatic carbocycles. The van der Waals surface area contributed by atoms with Gasteiger partial charge in [0.05, 0.1) is 5.69 Å². The first-order valence-corrected chi connectivity index (χ1v) is 3.76. The molecule has 0 radical (unpaired) electrons. The number of hydrogen-bond donors (Lipinski definition) is 2. The normalized spacial score (nSPS) is 10.9. The van der Waals surface area contributed by atoms with Crippen molar-refractivity contribution in [2.24, 2.45) is 0 Å². The maximum absolute atomic E-state index is 13.0. The molecule has 0 spiro atoms. The van der Waals surface area contributed by atoms with Gasteiger partial charge in [0.15, 0.2) is 5.82 Å². The first kappa shape index (κ1) is 10.6. The monoisotopic (exact) mass is 208 g/mol. The molecule has 1 aromatic rings. The van der Waals surface area contributed by atoms with Crippen LogP contribution in [-0.4, -0.2) is 27.7 Å². The number of nitrogens with one attached hydrogen (secondary N) is 1. The fourth-order valence-electron chi connectivity index (χ4n) is 0.925. The lowest BCUT2D eigenvalue weighted by Gasteiger charge is -1.96. The number of rotatable bonds is 4. The number of nitrogens with zero attached hydrogens (tertiary/aromatic N) is 1. The number of carboxylic acids is 1. The Balaban J connectivity index is 2.74. The topological polar surface area (TPSA) is 66.0 Å². The fourth-order valence-corrected chi connectivity index (χ4v) is 0.925. The number of alkyl halides is 2. The summed E-state index contributed by atoms with van der Waals surface area (Å²) in [4.78, 5) is 10.3. The second-order valence-corrected chi connectivity index (χ2v) is 2.60. The summed E-state index contributed by atoms with van der Waals surface area (Å²) in [6.07, 6.45) is -3.34. The molecule has 0 saturated carbocycles. The minimum atomic E-state index is -2.55. The summed E-state index contributed by atoms with van der Waals surface area (Å²) in [5.41, 5.74) is -0.975. The lowest BCUT2D eigenvalue weighted by molar-refractivity contribution is 0.0685. The van der Waals surface area contributed by atoms with E-state index in [1.807, 2.05) is 0 Å². The first-order valence-electron chi connectivity index (χ1n) is 3.76. The van der Waals surface area contributed by atoms with Crippen LogP contribution in [0.4, 0.5) is 13.2 Å². The minimum absolute atomic E-state index is 0.206. The second kappa shape index (κ2) is 4.12. The van der Waals surface area contributed by atoms with Crippen LogP contribution in [0.3, 0.4) is 0 Å². The number of carbonyl (C=O) groups is 1. The third kappa shape index (κ3) is 2.24. The predicted octanol–water partition coefficient (Wildman–Crippen LogP) is 1.44. The third-order valence-electron chi connectivity index (χ3n) is 1.59. The van der Waals surface area contributed by atoms with E-state index in [0.29, 0.717) is 0 Å². The van der Waals surface area contributed by atoms with Gasteiger partial charge in [-0.05, 0) is 6.42 Å². The summed E-state index contributed by atoms with van der Waals surface area (Å²) < 4.78 is 36.5. The van der Waals surface area contributed by atoms with Crippen molar-refractivity contribution in [1.29, 1.82) is 0 Å². The Morgan fingerprint density at radius 3 is 2.64 bits per heavy atom. The van der Waals surface area contributed by atoms with Crippen LogP contribution in [0.15, 0.2) is 0 Å².